The predicted octanol–water partition coefficient (Wildman–Crippen LogP) is 1.23. The summed E-state index contributed by atoms with van der Waals surface area (Å²) in [5, 5.41) is 6.17. The van der Waals surface area contributed by atoms with Crippen LogP contribution in [0.15, 0.2) is 24.3 Å². The first-order valence-corrected chi connectivity index (χ1v) is 8.56. The zero-order valence-corrected chi connectivity index (χ0v) is 13.8. The van der Waals surface area contributed by atoms with Gasteiger partial charge in [-0.15, -0.1) is 0 Å². The van der Waals surface area contributed by atoms with Gasteiger partial charge < -0.3 is 5.32 Å². The highest BCUT2D eigenvalue weighted by atomic mass is 16.2. The maximum absolute atomic E-state index is 13.1. The van der Waals surface area contributed by atoms with Crippen molar-refractivity contribution in [3.05, 3.63) is 29.8 Å². The summed E-state index contributed by atoms with van der Waals surface area (Å²) in [6.07, 6.45) is 1.70. The molecule has 6 heteroatoms. The molecule has 3 aliphatic rings. The van der Waals surface area contributed by atoms with Crippen LogP contribution in [0.4, 0.5) is 5.69 Å². The average molecular weight is 327 g/mol. The molecule has 3 aliphatic heterocycles. The van der Waals surface area contributed by atoms with Gasteiger partial charge in [0.2, 0.25) is 17.7 Å². The molecule has 4 atom stereocenters. The number of anilines is 1. The summed E-state index contributed by atoms with van der Waals surface area (Å²) in [6.45, 7) is 4.35. The molecule has 1 aromatic rings. The molecule has 0 saturated carbocycles. The maximum Gasteiger partial charge on any atom is 0.250 e. The minimum Gasteiger partial charge on any atom is -0.324 e. The van der Waals surface area contributed by atoms with Gasteiger partial charge in [-0.2, -0.15) is 0 Å². The van der Waals surface area contributed by atoms with Gasteiger partial charge in [0.05, 0.1) is 11.8 Å². The first kappa shape index (κ1) is 15.3. The molecule has 2 saturated heterocycles. The molecule has 3 amide bonds. The number of fused-ring (bicyclic) bond motifs is 4. The number of unbranched alkanes of at least 4 members (excludes halogenated alkanes) is 1. The third kappa shape index (κ3) is 1.72. The summed E-state index contributed by atoms with van der Waals surface area (Å²) in [5.74, 6) is -1.75. The molecule has 2 fully saturated rings. The predicted molar refractivity (Wildman–Crippen MR) is 88.0 cm³/mol. The number of carbonyl (C=O) groups excluding carboxylic acids is 3. The standard InChI is InChI=1S/C18H21N3O3/c1-3-4-9-21-15(22)13-10(2)20-18(14(13)16(21)23)11-7-5-6-8-12(11)19-17(18)24/h5-8,10,13-14,20H,3-4,9H2,1-2H3,(H,19,24)/t10-,13-,14+,18-/m1/s1. The van der Waals surface area contributed by atoms with E-state index in [0.29, 0.717) is 6.54 Å². The van der Waals surface area contributed by atoms with Gasteiger partial charge in [0, 0.05) is 23.8 Å². The molecule has 3 heterocycles. The Morgan fingerprint density at radius 2 is 1.92 bits per heavy atom. The van der Waals surface area contributed by atoms with E-state index in [9.17, 15) is 14.4 Å². The number of benzene rings is 1. The first-order chi connectivity index (χ1) is 11.5. The molecular formula is C18H21N3O3. The van der Waals surface area contributed by atoms with E-state index in [1.807, 2.05) is 38.1 Å². The molecule has 0 radical (unpaired) electrons. The van der Waals surface area contributed by atoms with Gasteiger partial charge in [0.25, 0.3) is 0 Å². The first-order valence-electron chi connectivity index (χ1n) is 8.56. The lowest BCUT2D eigenvalue weighted by Crippen LogP contribution is -2.52. The third-order valence-electron chi connectivity index (χ3n) is 5.60. The van der Waals surface area contributed by atoms with Crippen LogP contribution < -0.4 is 10.6 Å². The van der Waals surface area contributed by atoms with E-state index < -0.39 is 17.4 Å². The number of carbonyl (C=O) groups is 3. The Balaban J connectivity index is 1.82. The summed E-state index contributed by atoms with van der Waals surface area (Å²) in [5.41, 5.74) is 0.358. The van der Waals surface area contributed by atoms with Crippen LogP contribution in [-0.2, 0) is 19.9 Å². The SMILES string of the molecule is CCCCN1C(=O)[C@H]2[C@@H](C1=O)[C@@]1(N[C@@H]2C)C(=O)Nc2ccccc21. The van der Waals surface area contributed by atoms with Gasteiger partial charge >= 0.3 is 0 Å². The number of likely N-dealkylation sites (tertiary alicyclic amines) is 1. The van der Waals surface area contributed by atoms with E-state index in [1.165, 1.54) is 4.90 Å². The average Bonchev–Trinajstić information content (AvgIpc) is 3.12. The zero-order chi connectivity index (χ0) is 17.1. The number of nitrogens with zero attached hydrogens (tertiary/aromatic N) is 1. The fourth-order valence-electron chi connectivity index (χ4n) is 4.52. The second kappa shape index (κ2) is 5.14. The van der Waals surface area contributed by atoms with Gasteiger partial charge in [0.15, 0.2) is 0 Å². The molecule has 24 heavy (non-hydrogen) atoms. The molecule has 0 aliphatic carbocycles. The molecule has 0 aromatic heterocycles. The van der Waals surface area contributed by atoms with Crippen LogP contribution in [0.3, 0.4) is 0 Å². The number of amides is 3. The molecule has 0 unspecified atom stereocenters. The van der Waals surface area contributed by atoms with Crippen molar-refractivity contribution < 1.29 is 14.4 Å². The highest BCUT2D eigenvalue weighted by Crippen LogP contribution is 2.52. The highest BCUT2D eigenvalue weighted by Gasteiger charge is 2.69. The second-order valence-electron chi connectivity index (χ2n) is 6.93. The maximum atomic E-state index is 13.1. The molecule has 1 aromatic carbocycles. The van der Waals surface area contributed by atoms with Gasteiger partial charge in [-0.25, -0.2) is 0 Å². The summed E-state index contributed by atoms with van der Waals surface area (Å²) in [4.78, 5) is 40.1. The minimum atomic E-state index is -1.13. The van der Waals surface area contributed by atoms with Crippen molar-refractivity contribution in [2.24, 2.45) is 11.8 Å². The van der Waals surface area contributed by atoms with E-state index in [4.69, 9.17) is 0 Å². The van der Waals surface area contributed by atoms with Crippen molar-refractivity contribution in [1.29, 1.82) is 0 Å². The van der Waals surface area contributed by atoms with Crippen molar-refractivity contribution in [2.75, 3.05) is 11.9 Å². The van der Waals surface area contributed by atoms with Gasteiger partial charge in [0.1, 0.15) is 5.54 Å². The second-order valence-corrected chi connectivity index (χ2v) is 6.93. The lowest BCUT2D eigenvalue weighted by Gasteiger charge is -2.29. The van der Waals surface area contributed by atoms with Crippen molar-refractivity contribution in [1.82, 2.24) is 10.2 Å². The van der Waals surface area contributed by atoms with Crippen LogP contribution in [0, 0.1) is 11.8 Å². The lowest BCUT2D eigenvalue weighted by atomic mass is 9.76. The fourth-order valence-corrected chi connectivity index (χ4v) is 4.52. The monoisotopic (exact) mass is 327 g/mol. The Hall–Kier alpha value is -2.21. The Labute approximate surface area is 140 Å². The van der Waals surface area contributed by atoms with Crippen LogP contribution >= 0.6 is 0 Å². The van der Waals surface area contributed by atoms with E-state index in [2.05, 4.69) is 10.6 Å². The molecule has 1 spiro atoms. The number of para-hydroxylation sites is 1. The molecule has 4 rings (SSSR count). The van der Waals surface area contributed by atoms with Crippen molar-refractivity contribution in [3.8, 4) is 0 Å². The van der Waals surface area contributed by atoms with E-state index in [1.54, 1.807) is 0 Å². The quantitative estimate of drug-likeness (QED) is 0.819. The Morgan fingerprint density at radius 3 is 2.67 bits per heavy atom. The van der Waals surface area contributed by atoms with Gasteiger partial charge in [-0.05, 0) is 19.4 Å². The van der Waals surface area contributed by atoms with Crippen LogP contribution in [-0.4, -0.2) is 35.2 Å². The molecule has 6 nitrogen and oxygen atoms in total. The summed E-state index contributed by atoms with van der Waals surface area (Å²) in [7, 11) is 0. The van der Waals surface area contributed by atoms with E-state index in [-0.39, 0.29) is 23.8 Å². The number of nitrogens with one attached hydrogen (secondary N) is 2. The highest BCUT2D eigenvalue weighted by molar-refractivity contribution is 6.15. The topological polar surface area (TPSA) is 78.5 Å². The third-order valence-corrected chi connectivity index (χ3v) is 5.60. The van der Waals surface area contributed by atoms with Crippen molar-refractivity contribution in [3.63, 3.8) is 0 Å². The Bertz CT molecular complexity index is 747. The van der Waals surface area contributed by atoms with Crippen molar-refractivity contribution in [2.45, 2.75) is 38.3 Å². The number of hydrogen-bond donors (Lipinski definition) is 2. The number of hydrogen-bond acceptors (Lipinski definition) is 4. The summed E-state index contributed by atoms with van der Waals surface area (Å²) < 4.78 is 0. The van der Waals surface area contributed by atoms with Crippen LogP contribution in [0.1, 0.15) is 32.3 Å². The van der Waals surface area contributed by atoms with Crippen molar-refractivity contribution >= 4 is 23.4 Å². The van der Waals surface area contributed by atoms with E-state index in [0.717, 1.165) is 24.1 Å². The fraction of sp³-hybridized carbons (Fsp3) is 0.500. The number of imide groups is 1. The van der Waals surface area contributed by atoms with Crippen LogP contribution in [0.2, 0.25) is 0 Å². The smallest absolute Gasteiger partial charge is 0.250 e. The molecule has 2 N–H and O–H groups in total. The largest absolute Gasteiger partial charge is 0.324 e. The summed E-state index contributed by atoms with van der Waals surface area (Å²) >= 11 is 0. The molecular weight excluding hydrogens is 306 g/mol. The number of rotatable bonds is 3. The Kier molecular flexibility index (Phi) is 3.28. The molecule has 126 valence electrons. The van der Waals surface area contributed by atoms with Crippen LogP contribution in [0.25, 0.3) is 0 Å². The van der Waals surface area contributed by atoms with Gasteiger partial charge in [-0.1, -0.05) is 31.5 Å². The zero-order valence-electron chi connectivity index (χ0n) is 13.8. The van der Waals surface area contributed by atoms with Gasteiger partial charge in [-0.3, -0.25) is 24.6 Å². The normalized spacial score (nSPS) is 34.0. The molecule has 0 bridgehead atoms. The minimum absolute atomic E-state index is 0.146. The van der Waals surface area contributed by atoms with Crippen LogP contribution in [0.5, 0.6) is 0 Å². The summed E-state index contributed by atoms with van der Waals surface area (Å²) in [6, 6.07) is 7.18. The van der Waals surface area contributed by atoms with E-state index >= 15 is 0 Å². The Morgan fingerprint density at radius 1 is 1.17 bits per heavy atom. The lowest BCUT2D eigenvalue weighted by molar-refractivity contribution is -0.142.